The predicted octanol–water partition coefficient (Wildman–Crippen LogP) is 2.41. The van der Waals surface area contributed by atoms with Gasteiger partial charge in [-0.15, -0.1) is 0 Å². The molecule has 0 fully saturated rings. The fraction of sp³-hybridized carbons (Fsp3) is 0.400. The van der Waals surface area contributed by atoms with Crippen LogP contribution in [0, 0.1) is 12.8 Å². The van der Waals surface area contributed by atoms with Gasteiger partial charge < -0.3 is 15.8 Å². The molecule has 0 atom stereocenters. The molecule has 0 aliphatic heterocycles. The lowest BCUT2D eigenvalue weighted by atomic mass is 10.2. The molecule has 0 saturated carbocycles. The maximum absolute atomic E-state index is 5.86. The lowest BCUT2D eigenvalue weighted by Gasteiger charge is -2.12. The quantitative estimate of drug-likeness (QED) is 0.848. The largest absolute Gasteiger partial charge is 0.476 e. The molecule has 112 valence electrons. The molecule has 2 aromatic heterocycles. The summed E-state index contributed by atoms with van der Waals surface area (Å²) in [7, 11) is 0. The number of hydrogen-bond acceptors (Lipinski definition) is 6. The zero-order valence-corrected chi connectivity index (χ0v) is 12.6. The number of nitrogens with one attached hydrogen (secondary N) is 1. The van der Waals surface area contributed by atoms with Gasteiger partial charge in [0.25, 0.3) is 0 Å². The highest BCUT2D eigenvalue weighted by atomic mass is 16.5. The third-order valence-corrected chi connectivity index (χ3v) is 2.73. The second-order valence-corrected chi connectivity index (χ2v) is 5.30. The first-order valence-electron chi connectivity index (χ1n) is 6.95. The van der Waals surface area contributed by atoms with Crippen molar-refractivity contribution in [3.63, 3.8) is 0 Å². The van der Waals surface area contributed by atoms with Crippen molar-refractivity contribution in [1.29, 1.82) is 0 Å². The Balaban J connectivity index is 1.99. The minimum absolute atomic E-state index is 0.422. The topological polar surface area (TPSA) is 86.0 Å². The molecule has 6 heteroatoms. The molecule has 0 amide bonds. The van der Waals surface area contributed by atoms with Crippen LogP contribution in [0.3, 0.4) is 0 Å². The van der Waals surface area contributed by atoms with Gasteiger partial charge in [0.05, 0.1) is 36.4 Å². The lowest BCUT2D eigenvalue weighted by Crippen LogP contribution is -2.09. The monoisotopic (exact) mass is 287 g/mol. The first kappa shape index (κ1) is 15.0. The molecule has 0 aromatic carbocycles. The van der Waals surface area contributed by atoms with Crippen LogP contribution in [-0.2, 0) is 6.54 Å². The molecule has 0 aliphatic carbocycles. The lowest BCUT2D eigenvalue weighted by molar-refractivity contribution is 0.263. The van der Waals surface area contributed by atoms with Crippen LogP contribution < -0.4 is 15.8 Å². The smallest absolute Gasteiger partial charge is 0.239 e. The van der Waals surface area contributed by atoms with E-state index in [4.69, 9.17) is 10.5 Å². The Hall–Kier alpha value is -2.37. The molecule has 2 rings (SSSR count). The number of nitrogens with two attached hydrogens (primary N) is 1. The van der Waals surface area contributed by atoms with E-state index >= 15 is 0 Å². The Morgan fingerprint density at radius 2 is 2.05 bits per heavy atom. The molecule has 2 heterocycles. The number of anilines is 2. The summed E-state index contributed by atoms with van der Waals surface area (Å²) in [5.74, 6) is 1.58. The molecular weight excluding hydrogens is 266 g/mol. The molecule has 3 N–H and O–H groups in total. The first-order valence-corrected chi connectivity index (χ1v) is 6.95. The van der Waals surface area contributed by atoms with Crippen LogP contribution in [0.2, 0.25) is 0 Å². The van der Waals surface area contributed by atoms with Crippen molar-refractivity contribution in [2.24, 2.45) is 5.92 Å². The van der Waals surface area contributed by atoms with Crippen molar-refractivity contribution in [1.82, 2.24) is 15.0 Å². The molecule has 6 nitrogen and oxygen atoms in total. The number of ether oxygens (including phenoxy) is 1. The minimum Gasteiger partial charge on any atom is -0.476 e. The van der Waals surface area contributed by atoms with Gasteiger partial charge >= 0.3 is 0 Å². The average Bonchev–Trinajstić information content (AvgIpc) is 2.46. The molecule has 0 aliphatic rings. The number of hydrogen-bond donors (Lipinski definition) is 2. The minimum atomic E-state index is 0.422. The van der Waals surface area contributed by atoms with E-state index < -0.39 is 0 Å². The number of pyridine rings is 1. The van der Waals surface area contributed by atoms with Gasteiger partial charge in [-0.05, 0) is 25.0 Å². The van der Waals surface area contributed by atoms with Gasteiger partial charge in [-0.1, -0.05) is 13.8 Å². The van der Waals surface area contributed by atoms with Crippen LogP contribution in [0.4, 0.5) is 11.5 Å². The van der Waals surface area contributed by atoms with Gasteiger partial charge in [0.2, 0.25) is 5.88 Å². The number of rotatable bonds is 6. The molecule has 0 spiro atoms. The fourth-order valence-corrected chi connectivity index (χ4v) is 1.60. The van der Waals surface area contributed by atoms with Crippen molar-refractivity contribution in [2.75, 3.05) is 17.7 Å². The Labute approximate surface area is 124 Å². The van der Waals surface area contributed by atoms with Gasteiger partial charge in [0.1, 0.15) is 5.82 Å². The highest BCUT2D eigenvalue weighted by Crippen LogP contribution is 2.21. The summed E-state index contributed by atoms with van der Waals surface area (Å²) in [6, 6.07) is 3.60. The fourth-order valence-electron chi connectivity index (χ4n) is 1.60. The molecule has 2 aromatic rings. The Morgan fingerprint density at radius 1 is 1.24 bits per heavy atom. The van der Waals surface area contributed by atoms with Crippen molar-refractivity contribution in [3.8, 4) is 5.88 Å². The second kappa shape index (κ2) is 6.88. The summed E-state index contributed by atoms with van der Waals surface area (Å²) in [6.07, 6.45) is 3.49. The van der Waals surface area contributed by atoms with Crippen LogP contribution in [-0.4, -0.2) is 21.6 Å². The van der Waals surface area contributed by atoms with E-state index in [9.17, 15) is 0 Å². The number of aromatic nitrogens is 3. The maximum Gasteiger partial charge on any atom is 0.239 e. The van der Waals surface area contributed by atoms with Gasteiger partial charge in [0.15, 0.2) is 0 Å². The molecule has 0 unspecified atom stereocenters. The van der Waals surface area contributed by atoms with Crippen LogP contribution >= 0.6 is 0 Å². The molecule has 0 bridgehead atoms. The number of nitrogens with zero attached hydrogens (tertiary/aromatic N) is 3. The highest BCUT2D eigenvalue weighted by Gasteiger charge is 2.06. The molecule has 0 saturated heterocycles. The normalized spacial score (nSPS) is 10.7. The average molecular weight is 287 g/mol. The molecule has 0 radical (unpaired) electrons. The summed E-state index contributed by atoms with van der Waals surface area (Å²) in [6.45, 7) is 7.20. The highest BCUT2D eigenvalue weighted by molar-refractivity contribution is 5.53. The number of nitrogen functional groups attached to an aromatic ring is 1. The van der Waals surface area contributed by atoms with Crippen molar-refractivity contribution in [3.05, 3.63) is 35.9 Å². The zero-order chi connectivity index (χ0) is 15.2. The molecule has 21 heavy (non-hydrogen) atoms. The second-order valence-electron chi connectivity index (χ2n) is 5.30. The predicted molar refractivity (Wildman–Crippen MR) is 83.1 cm³/mol. The summed E-state index contributed by atoms with van der Waals surface area (Å²) >= 11 is 0. The van der Waals surface area contributed by atoms with E-state index in [-0.39, 0.29) is 0 Å². The van der Waals surface area contributed by atoms with Gasteiger partial charge in [-0.3, -0.25) is 9.97 Å². The maximum atomic E-state index is 5.86. The van der Waals surface area contributed by atoms with E-state index in [1.807, 2.05) is 13.0 Å². The first-order chi connectivity index (χ1) is 10.0. The third kappa shape index (κ3) is 4.59. The van der Waals surface area contributed by atoms with E-state index in [0.29, 0.717) is 36.5 Å². The standard InChI is InChI=1S/C15H21N5O/c1-10(2)9-21-15-13(16)4-5-14(20-15)19-8-12-7-17-11(3)6-18-12/h4-7,10H,8-9,16H2,1-3H3,(H,19,20). The van der Waals surface area contributed by atoms with Crippen molar-refractivity contribution in [2.45, 2.75) is 27.3 Å². The van der Waals surface area contributed by atoms with Gasteiger partial charge in [-0.2, -0.15) is 4.98 Å². The molecular formula is C15H21N5O. The van der Waals surface area contributed by atoms with Crippen LogP contribution in [0.15, 0.2) is 24.5 Å². The van der Waals surface area contributed by atoms with Gasteiger partial charge in [0, 0.05) is 6.20 Å². The van der Waals surface area contributed by atoms with E-state index in [2.05, 4.69) is 34.1 Å². The van der Waals surface area contributed by atoms with E-state index in [1.54, 1.807) is 18.5 Å². The summed E-state index contributed by atoms with van der Waals surface area (Å²) in [4.78, 5) is 12.9. The van der Waals surface area contributed by atoms with Crippen molar-refractivity contribution < 1.29 is 4.74 Å². The summed E-state index contributed by atoms with van der Waals surface area (Å²) in [5, 5.41) is 3.19. The Morgan fingerprint density at radius 3 is 2.71 bits per heavy atom. The van der Waals surface area contributed by atoms with E-state index in [1.165, 1.54) is 0 Å². The summed E-state index contributed by atoms with van der Waals surface area (Å²) < 4.78 is 5.60. The van der Waals surface area contributed by atoms with Crippen LogP contribution in [0.25, 0.3) is 0 Å². The Bertz CT molecular complexity index is 583. The number of aryl methyl sites for hydroxylation is 1. The van der Waals surface area contributed by atoms with Crippen LogP contribution in [0.5, 0.6) is 5.88 Å². The van der Waals surface area contributed by atoms with Crippen LogP contribution in [0.1, 0.15) is 25.2 Å². The summed E-state index contributed by atoms with van der Waals surface area (Å²) in [5.41, 5.74) is 8.15. The Kier molecular flexibility index (Phi) is 4.92. The van der Waals surface area contributed by atoms with Crippen molar-refractivity contribution >= 4 is 11.5 Å². The zero-order valence-electron chi connectivity index (χ0n) is 12.6. The van der Waals surface area contributed by atoms with E-state index in [0.717, 1.165) is 11.4 Å². The third-order valence-electron chi connectivity index (χ3n) is 2.73. The van der Waals surface area contributed by atoms with Gasteiger partial charge in [-0.25, -0.2) is 0 Å². The SMILES string of the molecule is Cc1cnc(CNc2ccc(N)c(OCC(C)C)n2)cn1.